The predicted octanol–water partition coefficient (Wildman–Crippen LogP) is 1.68. The maximum atomic E-state index is 5.39. The minimum absolute atomic E-state index is 0.643. The van der Waals surface area contributed by atoms with Gasteiger partial charge in [0, 0.05) is 32.4 Å². The average Bonchev–Trinajstić information content (AvgIpc) is 2.42. The topological polar surface area (TPSA) is 68.3 Å². The molecule has 1 aromatic heterocycles. The Morgan fingerprint density at radius 2 is 1.84 bits per heavy atom. The van der Waals surface area contributed by atoms with Crippen molar-refractivity contribution in [2.24, 2.45) is 0 Å². The first-order valence-electron chi connectivity index (χ1n) is 6.65. The van der Waals surface area contributed by atoms with Crippen molar-refractivity contribution in [2.45, 2.75) is 20.3 Å². The van der Waals surface area contributed by atoms with E-state index in [9.17, 15) is 0 Å². The van der Waals surface area contributed by atoms with Crippen molar-refractivity contribution < 1.29 is 9.47 Å². The summed E-state index contributed by atoms with van der Waals surface area (Å²) in [7, 11) is 1.67. The van der Waals surface area contributed by atoms with Gasteiger partial charge >= 0.3 is 0 Å². The van der Waals surface area contributed by atoms with Crippen molar-refractivity contribution in [3.8, 4) is 0 Å². The molecular formula is C13H24N4O2. The summed E-state index contributed by atoms with van der Waals surface area (Å²) in [5.74, 6) is 1.76. The van der Waals surface area contributed by atoms with E-state index in [1.807, 2.05) is 13.8 Å². The van der Waals surface area contributed by atoms with Gasteiger partial charge in [0.25, 0.3) is 0 Å². The second-order valence-corrected chi connectivity index (χ2v) is 4.11. The Morgan fingerprint density at radius 3 is 2.53 bits per heavy atom. The molecule has 2 N–H and O–H groups in total. The van der Waals surface area contributed by atoms with Crippen LogP contribution in [0.15, 0.2) is 6.33 Å². The first-order valence-corrected chi connectivity index (χ1v) is 6.65. The van der Waals surface area contributed by atoms with Crippen molar-refractivity contribution in [3.05, 3.63) is 11.9 Å². The van der Waals surface area contributed by atoms with Gasteiger partial charge in [0.1, 0.15) is 18.0 Å². The van der Waals surface area contributed by atoms with Gasteiger partial charge in [-0.15, -0.1) is 0 Å². The summed E-state index contributed by atoms with van der Waals surface area (Å²) in [6.45, 7) is 7.75. The van der Waals surface area contributed by atoms with Gasteiger partial charge in [0.15, 0.2) is 0 Å². The van der Waals surface area contributed by atoms with Crippen molar-refractivity contribution in [1.29, 1.82) is 0 Å². The first-order chi connectivity index (χ1) is 9.29. The zero-order valence-electron chi connectivity index (χ0n) is 12.0. The molecular weight excluding hydrogens is 244 g/mol. The van der Waals surface area contributed by atoms with Crippen molar-refractivity contribution >= 4 is 11.6 Å². The number of ether oxygens (including phenoxy) is 2. The summed E-state index contributed by atoms with van der Waals surface area (Å²) in [5, 5.41) is 6.51. The highest BCUT2D eigenvalue weighted by Crippen LogP contribution is 2.17. The van der Waals surface area contributed by atoms with Crippen molar-refractivity contribution in [3.63, 3.8) is 0 Å². The molecule has 0 unspecified atom stereocenters. The number of aromatic nitrogens is 2. The lowest BCUT2D eigenvalue weighted by atomic mass is 10.3. The highest BCUT2D eigenvalue weighted by atomic mass is 16.5. The quantitative estimate of drug-likeness (QED) is 0.629. The summed E-state index contributed by atoms with van der Waals surface area (Å²) >= 11 is 0. The molecule has 0 aliphatic heterocycles. The number of anilines is 2. The molecule has 0 aliphatic carbocycles. The molecule has 0 aliphatic rings. The van der Waals surface area contributed by atoms with Crippen LogP contribution in [-0.2, 0) is 9.47 Å². The Kier molecular flexibility index (Phi) is 7.84. The Labute approximate surface area is 114 Å². The van der Waals surface area contributed by atoms with Crippen LogP contribution < -0.4 is 10.6 Å². The molecule has 6 nitrogen and oxygen atoms in total. The highest BCUT2D eigenvalue weighted by Gasteiger charge is 2.05. The molecule has 0 spiro atoms. The molecule has 0 amide bonds. The Hall–Kier alpha value is -1.40. The fraction of sp³-hybridized carbons (Fsp3) is 0.692. The molecule has 0 radical (unpaired) electrons. The second-order valence-electron chi connectivity index (χ2n) is 4.11. The molecule has 0 saturated heterocycles. The fourth-order valence-corrected chi connectivity index (χ4v) is 1.60. The lowest BCUT2D eigenvalue weighted by Crippen LogP contribution is -2.11. The van der Waals surface area contributed by atoms with Crippen LogP contribution in [0.2, 0.25) is 0 Å². The van der Waals surface area contributed by atoms with Crippen LogP contribution in [0.3, 0.4) is 0 Å². The van der Waals surface area contributed by atoms with Gasteiger partial charge in [-0.1, -0.05) is 0 Å². The third-order valence-corrected chi connectivity index (χ3v) is 2.62. The molecule has 1 rings (SSSR count). The molecule has 0 saturated carbocycles. The third-order valence-electron chi connectivity index (χ3n) is 2.62. The van der Waals surface area contributed by atoms with Gasteiger partial charge in [0.2, 0.25) is 0 Å². The predicted molar refractivity (Wildman–Crippen MR) is 76.7 cm³/mol. The number of methoxy groups -OCH3 is 1. The molecule has 0 bridgehead atoms. The summed E-state index contributed by atoms with van der Waals surface area (Å²) in [5.41, 5.74) is 1.05. The van der Waals surface area contributed by atoms with Crippen molar-refractivity contribution in [2.75, 3.05) is 50.7 Å². The van der Waals surface area contributed by atoms with Gasteiger partial charge in [-0.05, 0) is 20.3 Å². The smallest absolute Gasteiger partial charge is 0.134 e. The molecule has 1 aromatic rings. The molecule has 0 aromatic carbocycles. The van der Waals surface area contributed by atoms with E-state index >= 15 is 0 Å². The van der Waals surface area contributed by atoms with E-state index in [-0.39, 0.29) is 0 Å². The monoisotopic (exact) mass is 268 g/mol. The summed E-state index contributed by atoms with van der Waals surface area (Å²) in [4.78, 5) is 8.45. The van der Waals surface area contributed by atoms with E-state index in [0.717, 1.165) is 43.3 Å². The lowest BCUT2D eigenvalue weighted by molar-refractivity contribution is 0.0705. The lowest BCUT2D eigenvalue weighted by Gasteiger charge is -2.11. The fourth-order valence-electron chi connectivity index (χ4n) is 1.60. The van der Waals surface area contributed by atoms with E-state index < -0.39 is 0 Å². The molecule has 19 heavy (non-hydrogen) atoms. The number of nitrogens with one attached hydrogen (secondary N) is 2. The molecule has 0 atom stereocenters. The van der Waals surface area contributed by atoms with E-state index in [1.165, 1.54) is 0 Å². The van der Waals surface area contributed by atoms with Gasteiger partial charge in [-0.25, -0.2) is 9.97 Å². The zero-order valence-corrected chi connectivity index (χ0v) is 12.0. The van der Waals surface area contributed by atoms with Crippen molar-refractivity contribution in [1.82, 2.24) is 9.97 Å². The van der Waals surface area contributed by atoms with E-state index in [2.05, 4.69) is 20.6 Å². The van der Waals surface area contributed by atoms with Gasteiger partial charge < -0.3 is 20.1 Å². The van der Waals surface area contributed by atoms with Gasteiger partial charge in [0.05, 0.1) is 13.2 Å². The Balaban J connectivity index is 2.27. The van der Waals surface area contributed by atoms with Crippen LogP contribution in [0.25, 0.3) is 0 Å². The number of nitrogens with zero attached hydrogens (tertiary/aromatic N) is 2. The Morgan fingerprint density at radius 1 is 1.11 bits per heavy atom. The Bertz CT molecular complexity index is 360. The SMILES string of the molecule is CCNc1ncnc(NCCCOCCOC)c1C. The van der Waals surface area contributed by atoms with Crippen LogP contribution in [0.5, 0.6) is 0 Å². The van der Waals surface area contributed by atoms with Crippen LogP contribution in [0.4, 0.5) is 11.6 Å². The summed E-state index contributed by atoms with van der Waals surface area (Å²) < 4.78 is 10.3. The molecule has 108 valence electrons. The first kappa shape index (κ1) is 15.7. The van der Waals surface area contributed by atoms with Crippen LogP contribution >= 0.6 is 0 Å². The minimum Gasteiger partial charge on any atom is -0.382 e. The molecule has 6 heteroatoms. The second kappa shape index (κ2) is 9.52. The van der Waals surface area contributed by atoms with Crippen LogP contribution in [0.1, 0.15) is 18.9 Å². The summed E-state index contributed by atoms with van der Waals surface area (Å²) in [6, 6.07) is 0. The molecule has 0 fully saturated rings. The normalized spacial score (nSPS) is 10.5. The zero-order chi connectivity index (χ0) is 13.9. The third kappa shape index (κ3) is 5.85. The number of hydrogen-bond acceptors (Lipinski definition) is 6. The maximum absolute atomic E-state index is 5.39. The van der Waals surface area contributed by atoms with Crippen LogP contribution in [0, 0.1) is 6.92 Å². The number of rotatable bonds is 10. The molecule has 1 heterocycles. The van der Waals surface area contributed by atoms with Gasteiger partial charge in [-0.3, -0.25) is 0 Å². The minimum atomic E-state index is 0.643. The standard InChI is InChI=1S/C13H24N4O2/c1-4-14-12-11(2)13(17-10-16-12)15-6-5-7-19-9-8-18-3/h10H,4-9H2,1-3H3,(H2,14,15,16,17). The van der Waals surface area contributed by atoms with E-state index in [0.29, 0.717) is 13.2 Å². The van der Waals surface area contributed by atoms with E-state index in [4.69, 9.17) is 9.47 Å². The highest BCUT2D eigenvalue weighted by molar-refractivity contribution is 5.56. The van der Waals surface area contributed by atoms with E-state index in [1.54, 1.807) is 13.4 Å². The number of hydrogen-bond donors (Lipinski definition) is 2. The largest absolute Gasteiger partial charge is 0.382 e. The average molecular weight is 268 g/mol. The maximum Gasteiger partial charge on any atom is 0.134 e. The summed E-state index contributed by atoms with van der Waals surface area (Å²) in [6.07, 6.45) is 2.51. The van der Waals surface area contributed by atoms with Gasteiger partial charge in [-0.2, -0.15) is 0 Å². The van der Waals surface area contributed by atoms with Crippen LogP contribution in [-0.4, -0.2) is 50.0 Å².